The third-order valence-corrected chi connectivity index (χ3v) is 4.55. The van der Waals surface area contributed by atoms with Crippen molar-refractivity contribution in [2.24, 2.45) is 0 Å². The first-order valence-electron chi connectivity index (χ1n) is 10.3. The summed E-state index contributed by atoms with van der Waals surface area (Å²) < 4.78 is 6.04. The zero-order chi connectivity index (χ0) is 20.8. The molecule has 28 heavy (non-hydrogen) atoms. The van der Waals surface area contributed by atoms with Crippen molar-refractivity contribution >= 4 is 23.9 Å². The van der Waals surface area contributed by atoms with Gasteiger partial charge in [0, 0.05) is 30.5 Å². The number of carboxylic acids is 1. The maximum atomic E-state index is 12.4. The highest BCUT2D eigenvalue weighted by Crippen LogP contribution is 2.15. The maximum Gasteiger partial charge on any atom is 0.352 e. The molecule has 0 fully saturated rings. The third-order valence-electron chi connectivity index (χ3n) is 4.55. The number of nitrogens with zero attached hydrogens (tertiary/aromatic N) is 1. The number of carbonyl (C=O) groups excluding carboxylic acids is 2. The Labute approximate surface area is 167 Å². The molecule has 1 N–H and O–H groups in total. The van der Waals surface area contributed by atoms with E-state index in [2.05, 4.69) is 6.92 Å². The van der Waals surface area contributed by atoms with E-state index in [4.69, 9.17) is 4.74 Å². The van der Waals surface area contributed by atoms with Crippen LogP contribution < -0.4 is 0 Å². The molecule has 0 spiro atoms. The Morgan fingerprint density at radius 2 is 1.61 bits per heavy atom. The summed E-state index contributed by atoms with van der Waals surface area (Å²) in [5.41, 5.74) is 0.293. The number of aromatic carboxylic acids is 1. The van der Waals surface area contributed by atoms with E-state index >= 15 is 0 Å². The van der Waals surface area contributed by atoms with E-state index in [9.17, 15) is 19.5 Å². The van der Waals surface area contributed by atoms with Crippen LogP contribution in [0.25, 0.3) is 6.20 Å². The van der Waals surface area contributed by atoms with Crippen LogP contribution in [0.15, 0.2) is 18.3 Å². The van der Waals surface area contributed by atoms with Gasteiger partial charge in [-0.15, -0.1) is 0 Å². The first-order valence-corrected chi connectivity index (χ1v) is 10.3. The molecule has 0 aliphatic rings. The molecular weight excluding hydrogens is 358 g/mol. The molecular formula is C22H33NO5. The normalized spacial score (nSPS) is 11.1. The number of ketones is 1. The number of esters is 1. The van der Waals surface area contributed by atoms with E-state index in [1.165, 1.54) is 61.6 Å². The highest BCUT2D eigenvalue weighted by atomic mass is 16.5. The minimum atomic E-state index is -1.16. The van der Waals surface area contributed by atoms with Gasteiger partial charge in [-0.25, -0.2) is 9.59 Å². The Morgan fingerprint density at radius 1 is 1.00 bits per heavy atom. The standard InChI is InChI=1S/C22H33NO5/c1-3-5-6-7-8-9-10-11-12-13-20(24)18-16-19(22(26)27)23(17-18)15-14-21(25)28-4-2/h14-17H,3-13H2,1-2H3,(H,26,27). The smallest absolute Gasteiger partial charge is 0.352 e. The van der Waals surface area contributed by atoms with E-state index in [0.29, 0.717) is 12.0 Å². The number of rotatable bonds is 15. The molecule has 0 saturated carbocycles. The second-order valence-corrected chi connectivity index (χ2v) is 6.90. The quantitative estimate of drug-likeness (QED) is 0.189. The van der Waals surface area contributed by atoms with Crippen molar-refractivity contribution in [2.45, 2.75) is 78.1 Å². The predicted octanol–water partition coefficient (Wildman–Crippen LogP) is 5.32. The second-order valence-electron chi connectivity index (χ2n) is 6.90. The molecule has 6 heteroatoms. The fourth-order valence-corrected chi connectivity index (χ4v) is 3.00. The minimum Gasteiger partial charge on any atom is -0.477 e. The fraction of sp³-hybridized carbons (Fsp3) is 0.591. The van der Waals surface area contributed by atoms with E-state index < -0.39 is 11.9 Å². The fourth-order valence-electron chi connectivity index (χ4n) is 3.00. The van der Waals surface area contributed by atoms with E-state index in [0.717, 1.165) is 25.3 Å². The summed E-state index contributed by atoms with van der Waals surface area (Å²) in [6, 6.07) is 1.36. The largest absolute Gasteiger partial charge is 0.477 e. The van der Waals surface area contributed by atoms with Crippen LogP contribution in [0.5, 0.6) is 0 Å². The number of hydrogen-bond acceptors (Lipinski definition) is 4. The molecule has 1 aromatic rings. The van der Waals surface area contributed by atoms with Gasteiger partial charge in [0.05, 0.1) is 6.61 Å². The molecule has 0 aliphatic heterocycles. The van der Waals surface area contributed by atoms with Gasteiger partial charge >= 0.3 is 11.9 Å². The van der Waals surface area contributed by atoms with Crippen molar-refractivity contribution in [3.05, 3.63) is 29.6 Å². The predicted molar refractivity (Wildman–Crippen MR) is 110 cm³/mol. The Hall–Kier alpha value is -2.37. The topological polar surface area (TPSA) is 85.6 Å². The number of carboxylic acid groups (broad SMARTS) is 1. The van der Waals surface area contributed by atoms with Gasteiger partial charge < -0.3 is 14.4 Å². The summed E-state index contributed by atoms with van der Waals surface area (Å²) in [6.45, 7) is 4.14. The van der Waals surface area contributed by atoms with Gasteiger partial charge in [0.15, 0.2) is 5.78 Å². The summed E-state index contributed by atoms with van der Waals surface area (Å²) >= 11 is 0. The van der Waals surface area contributed by atoms with Crippen LogP contribution in [0, 0.1) is 0 Å². The maximum absolute atomic E-state index is 12.4. The lowest BCUT2D eigenvalue weighted by atomic mass is 10.0. The molecule has 0 radical (unpaired) electrons. The van der Waals surface area contributed by atoms with Crippen molar-refractivity contribution in [3.8, 4) is 0 Å². The Morgan fingerprint density at radius 3 is 2.18 bits per heavy atom. The average Bonchev–Trinajstić information content (AvgIpc) is 3.10. The molecule has 1 heterocycles. The number of aromatic nitrogens is 1. The number of Topliss-reactive ketones (excluding diaryl/α,β-unsaturated/α-hetero) is 1. The van der Waals surface area contributed by atoms with E-state index in [1.54, 1.807) is 6.92 Å². The molecule has 0 saturated heterocycles. The van der Waals surface area contributed by atoms with Crippen LogP contribution in [0.3, 0.4) is 0 Å². The molecule has 0 aliphatic carbocycles. The number of hydrogen-bond donors (Lipinski definition) is 1. The molecule has 1 aromatic heterocycles. The van der Waals surface area contributed by atoms with Crippen molar-refractivity contribution in [2.75, 3.05) is 6.61 Å². The van der Waals surface area contributed by atoms with Crippen LogP contribution in [0.4, 0.5) is 0 Å². The van der Waals surface area contributed by atoms with Crippen LogP contribution in [0.2, 0.25) is 0 Å². The summed E-state index contributed by atoms with van der Waals surface area (Å²) in [7, 11) is 0. The zero-order valence-electron chi connectivity index (χ0n) is 17.1. The highest BCUT2D eigenvalue weighted by molar-refractivity contribution is 5.99. The minimum absolute atomic E-state index is 0.0593. The van der Waals surface area contributed by atoms with Crippen molar-refractivity contribution in [1.82, 2.24) is 4.57 Å². The van der Waals surface area contributed by atoms with Crippen LogP contribution in [0.1, 0.15) is 98.9 Å². The molecule has 0 unspecified atom stereocenters. The Bertz CT molecular complexity index is 660. The highest BCUT2D eigenvalue weighted by Gasteiger charge is 2.15. The van der Waals surface area contributed by atoms with Gasteiger partial charge in [-0.3, -0.25) is 4.79 Å². The van der Waals surface area contributed by atoms with Crippen molar-refractivity contribution in [3.63, 3.8) is 0 Å². The van der Waals surface area contributed by atoms with Crippen LogP contribution in [-0.4, -0.2) is 34.0 Å². The van der Waals surface area contributed by atoms with Gasteiger partial charge in [-0.05, 0) is 19.4 Å². The van der Waals surface area contributed by atoms with Crippen LogP contribution >= 0.6 is 0 Å². The lowest BCUT2D eigenvalue weighted by Gasteiger charge is -2.01. The lowest BCUT2D eigenvalue weighted by molar-refractivity contribution is -0.137. The monoisotopic (exact) mass is 391 g/mol. The molecule has 0 atom stereocenters. The van der Waals surface area contributed by atoms with Gasteiger partial charge in [-0.1, -0.05) is 58.3 Å². The SMILES string of the molecule is CCCCCCCCCCCC(=O)c1cc(C(=O)O)n(C=CC(=O)OCC)c1. The van der Waals surface area contributed by atoms with Gasteiger partial charge in [0.25, 0.3) is 0 Å². The zero-order valence-corrected chi connectivity index (χ0v) is 17.1. The second kappa shape index (κ2) is 13.7. The molecule has 6 nitrogen and oxygen atoms in total. The van der Waals surface area contributed by atoms with Crippen LogP contribution in [-0.2, 0) is 9.53 Å². The first-order chi connectivity index (χ1) is 13.5. The van der Waals surface area contributed by atoms with Gasteiger partial charge in [0.1, 0.15) is 5.69 Å². The molecule has 1 rings (SSSR count). The van der Waals surface area contributed by atoms with Gasteiger partial charge in [0.2, 0.25) is 0 Å². The molecule has 156 valence electrons. The summed E-state index contributed by atoms with van der Waals surface area (Å²) in [6.07, 6.45) is 14.9. The van der Waals surface area contributed by atoms with Crippen molar-refractivity contribution in [1.29, 1.82) is 0 Å². The Kier molecular flexibility index (Phi) is 11.6. The number of unbranched alkanes of at least 4 members (excludes halogenated alkanes) is 8. The summed E-state index contributed by atoms with van der Waals surface area (Å²) in [5, 5.41) is 9.30. The van der Waals surface area contributed by atoms with E-state index in [1.807, 2.05) is 0 Å². The molecule has 0 bridgehead atoms. The molecule has 0 amide bonds. The van der Waals surface area contributed by atoms with Crippen molar-refractivity contribution < 1.29 is 24.2 Å². The van der Waals surface area contributed by atoms with Gasteiger partial charge in [-0.2, -0.15) is 0 Å². The first kappa shape index (κ1) is 23.7. The summed E-state index contributed by atoms with van der Waals surface area (Å²) in [5.74, 6) is -1.79. The lowest BCUT2D eigenvalue weighted by Crippen LogP contribution is -2.04. The molecule has 0 aromatic carbocycles. The Balaban J connectivity index is 2.47. The number of carbonyl (C=O) groups is 3. The van der Waals surface area contributed by atoms with E-state index in [-0.39, 0.29) is 18.1 Å². The third kappa shape index (κ3) is 9.02. The average molecular weight is 392 g/mol. The number of ether oxygens (including phenoxy) is 1. The summed E-state index contributed by atoms with van der Waals surface area (Å²) in [4.78, 5) is 35.1.